The Balaban J connectivity index is 2.13. The number of rotatable bonds is 3. The number of nitrogens with zero attached hydrogens (tertiary/aromatic N) is 2. The zero-order valence-corrected chi connectivity index (χ0v) is 12.6. The second-order valence-corrected chi connectivity index (χ2v) is 5.24. The molecule has 6 heteroatoms. The Morgan fingerprint density at radius 2 is 2.04 bits per heavy atom. The van der Waals surface area contributed by atoms with Crippen molar-refractivity contribution >= 4 is 29.0 Å². The van der Waals surface area contributed by atoms with E-state index in [9.17, 15) is 14.3 Å². The minimum atomic E-state index is -1.07. The maximum Gasteiger partial charge on any atom is 0.336 e. The van der Waals surface area contributed by atoms with E-state index in [4.69, 9.17) is 0 Å². The fourth-order valence-electron chi connectivity index (χ4n) is 2.46. The third kappa shape index (κ3) is 2.83. The van der Waals surface area contributed by atoms with Crippen LogP contribution in [-0.2, 0) is 0 Å². The molecule has 2 heterocycles. The second-order valence-electron chi connectivity index (χ2n) is 5.24. The van der Waals surface area contributed by atoms with Crippen molar-refractivity contribution in [3.05, 3.63) is 58.3 Å². The van der Waals surface area contributed by atoms with Gasteiger partial charge in [-0.2, -0.15) is 5.10 Å². The van der Waals surface area contributed by atoms with E-state index in [0.29, 0.717) is 16.6 Å². The number of H-pyrrole nitrogens is 1. The summed E-state index contributed by atoms with van der Waals surface area (Å²) in [5, 5.41) is 16.7. The van der Waals surface area contributed by atoms with Crippen molar-refractivity contribution < 1.29 is 14.3 Å². The summed E-state index contributed by atoms with van der Waals surface area (Å²) >= 11 is 0. The van der Waals surface area contributed by atoms with Crippen LogP contribution >= 0.6 is 0 Å². The molecule has 0 bridgehead atoms. The van der Waals surface area contributed by atoms with Crippen LogP contribution in [0.3, 0.4) is 0 Å². The third-order valence-corrected chi connectivity index (χ3v) is 3.63. The number of aromatic amines is 1. The average Bonchev–Trinajstić information content (AvgIpc) is 2.82. The van der Waals surface area contributed by atoms with Crippen LogP contribution in [0.4, 0.5) is 4.39 Å². The van der Waals surface area contributed by atoms with E-state index in [0.717, 1.165) is 17.0 Å². The first-order chi connectivity index (χ1) is 11.0. The lowest BCUT2D eigenvalue weighted by atomic mass is 10.1. The van der Waals surface area contributed by atoms with Crippen molar-refractivity contribution in [2.24, 2.45) is 0 Å². The third-order valence-electron chi connectivity index (χ3n) is 3.63. The van der Waals surface area contributed by atoms with Gasteiger partial charge in [0, 0.05) is 22.7 Å². The van der Waals surface area contributed by atoms with Gasteiger partial charge in [0.2, 0.25) is 0 Å². The van der Waals surface area contributed by atoms with Gasteiger partial charge in [0.1, 0.15) is 5.82 Å². The first kappa shape index (κ1) is 14.9. The molecular weight excluding hydrogens is 297 g/mol. The molecule has 2 aromatic heterocycles. The van der Waals surface area contributed by atoms with Gasteiger partial charge in [-0.1, -0.05) is 0 Å². The lowest BCUT2D eigenvalue weighted by Gasteiger charge is -2.04. The van der Waals surface area contributed by atoms with Crippen LogP contribution in [0.25, 0.3) is 23.1 Å². The minimum absolute atomic E-state index is 0.0929. The summed E-state index contributed by atoms with van der Waals surface area (Å²) < 4.78 is 13.4. The fourth-order valence-corrected chi connectivity index (χ4v) is 2.46. The number of carbonyl (C=O) groups is 1. The fraction of sp³-hybridized carbons (Fsp3) is 0.118. The van der Waals surface area contributed by atoms with Crippen LogP contribution in [0.5, 0.6) is 0 Å². The van der Waals surface area contributed by atoms with Gasteiger partial charge in [-0.3, -0.25) is 5.10 Å². The van der Waals surface area contributed by atoms with Gasteiger partial charge in [-0.05, 0) is 44.2 Å². The van der Waals surface area contributed by atoms with Gasteiger partial charge in [0.25, 0.3) is 0 Å². The Morgan fingerprint density at radius 3 is 2.70 bits per heavy atom. The van der Waals surface area contributed by atoms with Crippen LogP contribution < -0.4 is 0 Å². The summed E-state index contributed by atoms with van der Waals surface area (Å²) in [4.78, 5) is 15.7. The molecular formula is C17H14FN3O2. The Bertz CT molecular complexity index is 925. The molecule has 2 N–H and O–H groups in total. The smallest absolute Gasteiger partial charge is 0.336 e. The molecule has 0 radical (unpaired) electrons. The zero-order valence-electron chi connectivity index (χ0n) is 12.6. The largest absolute Gasteiger partial charge is 0.478 e. The topological polar surface area (TPSA) is 78.9 Å². The van der Waals surface area contributed by atoms with Crippen LogP contribution in [-0.4, -0.2) is 26.3 Å². The molecule has 1 aromatic carbocycles. The van der Waals surface area contributed by atoms with E-state index in [1.54, 1.807) is 6.08 Å². The number of halogens is 1. The molecule has 0 aliphatic carbocycles. The highest BCUT2D eigenvalue weighted by Crippen LogP contribution is 2.21. The highest BCUT2D eigenvalue weighted by molar-refractivity contribution is 6.03. The van der Waals surface area contributed by atoms with E-state index >= 15 is 0 Å². The summed E-state index contributed by atoms with van der Waals surface area (Å²) in [5.41, 5.74) is 3.51. The number of pyridine rings is 1. The second kappa shape index (κ2) is 5.64. The number of aromatic nitrogens is 3. The van der Waals surface area contributed by atoms with Crippen LogP contribution in [0.1, 0.15) is 33.0 Å². The molecule has 0 saturated heterocycles. The van der Waals surface area contributed by atoms with Gasteiger partial charge in [0.15, 0.2) is 0 Å². The number of fused-ring (bicyclic) bond motifs is 1. The van der Waals surface area contributed by atoms with E-state index in [-0.39, 0.29) is 5.56 Å². The number of carboxylic acids is 1. The molecule has 0 aliphatic heterocycles. The van der Waals surface area contributed by atoms with Gasteiger partial charge in [0.05, 0.1) is 22.5 Å². The summed E-state index contributed by atoms with van der Waals surface area (Å²) in [6.45, 7) is 3.76. The van der Waals surface area contributed by atoms with E-state index in [2.05, 4.69) is 15.2 Å². The van der Waals surface area contributed by atoms with E-state index in [1.165, 1.54) is 24.3 Å². The van der Waals surface area contributed by atoms with E-state index in [1.807, 2.05) is 19.9 Å². The van der Waals surface area contributed by atoms with Crippen LogP contribution in [0.2, 0.25) is 0 Å². The predicted octanol–water partition coefficient (Wildman–Crippen LogP) is 3.58. The van der Waals surface area contributed by atoms with E-state index < -0.39 is 11.8 Å². The lowest BCUT2D eigenvalue weighted by Crippen LogP contribution is -2.00. The molecule has 0 atom stereocenters. The molecule has 23 heavy (non-hydrogen) atoms. The zero-order chi connectivity index (χ0) is 16.6. The highest BCUT2D eigenvalue weighted by Gasteiger charge is 2.12. The highest BCUT2D eigenvalue weighted by atomic mass is 19.1. The molecule has 116 valence electrons. The Kier molecular flexibility index (Phi) is 3.65. The summed E-state index contributed by atoms with van der Waals surface area (Å²) in [6, 6.07) is 5.36. The van der Waals surface area contributed by atoms with Gasteiger partial charge < -0.3 is 5.11 Å². The number of hydrogen-bond donors (Lipinski definition) is 2. The molecule has 0 saturated carbocycles. The molecule has 0 amide bonds. The molecule has 3 rings (SSSR count). The number of benzene rings is 1. The number of hydrogen-bond acceptors (Lipinski definition) is 3. The standard InChI is InChI=1S/C17H14FN3O2/c1-9-13(10(2)21-20-9)6-4-12-8-15(17(22)23)14-5-3-11(18)7-16(14)19-12/h3-8H,1-2H3,(H,20,21)(H,22,23)/b6-4-. The number of aromatic carboxylic acids is 1. The van der Waals surface area contributed by atoms with Crippen molar-refractivity contribution in [1.29, 1.82) is 0 Å². The first-order valence-corrected chi connectivity index (χ1v) is 6.99. The van der Waals surface area contributed by atoms with Crippen molar-refractivity contribution in [3.63, 3.8) is 0 Å². The first-order valence-electron chi connectivity index (χ1n) is 6.99. The molecule has 3 aromatic rings. The van der Waals surface area contributed by atoms with Gasteiger partial charge in [-0.15, -0.1) is 0 Å². The van der Waals surface area contributed by atoms with Crippen molar-refractivity contribution in [3.8, 4) is 0 Å². The molecule has 0 spiro atoms. The quantitative estimate of drug-likeness (QED) is 0.775. The monoisotopic (exact) mass is 311 g/mol. The Labute approximate surface area is 131 Å². The van der Waals surface area contributed by atoms with Crippen LogP contribution in [0.15, 0.2) is 24.3 Å². The minimum Gasteiger partial charge on any atom is -0.478 e. The summed E-state index contributed by atoms with van der Waals surface area (Å²) in [6.07, 6.45) is 3.51. The number of aryl methyl sites for hydroxylation is 2. The Morgan fingerprint density at radius 1 is 1.26 bits per heavy atom. The van der Waals surface area contributed by atoms with Gasteiger partial charge >= 0.3 is 5.97 Å². The molecule has 0 unspecified atom stereocenters. The van der Waals surface area contributed by atoms with Crippen molar-refractivity contribution in [2.75, 3.05) is 0 Å². The maximum absolute atomic E-state index is 13.4. The normalized spacial score (nSPS) is 11.4. The van der Waals surface area contributed by atoms with Gasteiger partial charge in [-0.25, -0.2) is 14.2 Å². The van der Waals surface area contributed by atoms with Crippen molar-refractivity contribution in [2.45, 2.75) is 13.8 Å². The average molecular weight is 311 g/mol. The summed E-state index contributed by atoms with van der Waals surface area (Å²) in [7, 11) is 0. The predicted molar refractivity (Wildman–Crippen MR) is 85.7 cm³/mol. The maximum atomic E-state index is 13.4. The van der Waals surface area contributed by atoms with Crippen LogP contribution in [0, 0.1) is 19.7 Å². The van der Waals surface area contributed by atoms with Crippen molar-refractivity contribution in [1.82, 2.24) is 15.2 Å². The molecule has 0 aliphatic rings. The summed E-state index contributed by atoms with van der Waals surface area (Å²) in [5.74, 6) is -1.53. The molecule has 0 fully saturated rings. The SMILES string of the molecule is Cc1n[nH]c(C)c1/C=C\c1cc(C(=O)O)c2ccc(F)cc2n1. The molecule has 5 nitrogen and oxygen atoms in total. The lowest BCUT2D eigenvalue weighted by molar-refractivity contribution is 0.0699. The Hall–Kier alpha value is -3.02. The number of carboxylic acid groups (broad SMARTS) is 1. The number of nitrogens with one attached hydrogen (secondary N) is 1.